The first kappa shape index (κ1) is 20.7. The molecule has 1 fully saturated rings. The number of aryl methyl sites for hydroxylation is 2. The molecule has 0 spiro atoms. The SMILES string of the molecule is Cc1[nH]c2c(C#N)cc(F)c(N3CCC[C@H](NC(=O)OCc4ccccc4)C3)c2c1C. The summed E-state index contributed by atoms with van der Waals surface area (Å²) < 4.78 is 20.5. The van der Waals surface area contributed by atoms with Crippen molar-refractivity contribution in [2.24, 2.45) is 0 Å². The van der Waals surface area contributed by atoms with Crippen LogP contribution in [0.2, 0.25) is 0 Å². The summed E-state index contributed by atoms with van der Waals surface area (Å²) in [6.07, 6.45) is 1.13. The maximum Gasteiger partial charge on any atom is 0.407 e. The van der Waals surface area contributed by atoms with E-state index in [1.807, 2.05) is 49.1 Å². The Labute approximate surface area is 180 Å². The van der Waals surface area contributed by atoms with Crippen LogP contribution in [-0.4, -0.2) is 30.2 Å². The van der Waals surface area contributed by atoms with Gasteiger partial charge in [-0.2, -0.15) is 5.26 Å². The third-order valence-electron chi connectivity index (χ3n) is 5.90. The molecule has 1 aromatic heterocycles. The average Bonchev–Trinajstić information content (AvgIpc) is 3.07. The number of H-pyrrole nitrogens is 1. The molecular weight excluding hydrogens is 395 g/mol. The van der Waals surface area contributed by atoms with E-state index in [2.05, 4.69) is 16.4 Å². The van der Waals surface area contributed by atoms with E-state index in [4.69, 9.17) is 4.74 Å². The molecule has 2 aromatic carbocycles. The molecule has 160 valence electrons. The maximum atomic E-state index is 15.1. The second-order valence-electron chi connectivity index (χ2n) is 7.98. The van der Waals surface area contributed by atoms with Gasteiger partial charge in [0.15, 0.2) is 0 Å². The summed E-state index contributed by atoms with van der Waals surface area (Å²) in [4.78, 5) is 17.5. The zero-order valence-corrected chi connectivity index (χ0v) is 17.7. The van der Waals surface area contributed by atoms with Crippen molar-refractivity contribution >= 4 is 22.7 Å². The fraction of sp³-hybridized carbons (Fsp3) is 0.333. The smallest absolute Gasteiger partial charge is 0.407 e. The number of halogens is 1. The molecule has 0 saturated carbocycles. The number of aromatic amines is 1. The Morgan fingerprint density at radius 2 is 2.13 bits per heavy atom. The molecular formula is C24H25FN4O2. The Morgan fingerprint density at radius 3 is 2.87 bits per heavy atom. The largest absolute Gasteiger partial charge is 0.445 e. The van der Waals surface area contributed by atoms with Gasteiger partial charge in [0.1, 0.15) is 18.5 Å². The molecule has 0 bridgehead atoms. The summed E-state index contributed by atoms with van der Waals surface area (Å²) in [5, 5.41) is 13.1. The number of benzene rings is 2. The minimum absolute atomic E-state index is 0.150. The molecule has 7 heteroatoms. The molecule has 1 saturated heterocycles. The Kier molecular flexibility index (Phi) is 5.81. The number of hydrogen-bond acceptors (Lipinski definition) is 4. The van der Waals surface area contributed by atoms with Gasteiger partial charge in [-0.05, 0) is 43.9 Å². The lowest BCUT2D eigenvalue weighted by molar-refractivity contribution is 0.134. The first-order chi connectivity index (χ1) is 15.0. The summed E-state index contributed by atoms with van der Waals surface area (Å²) in [7, 11) is 0. The van der Waals surface area contributed by atoms with Crippen LogP contribution in [0.15, 0.2) is 36.4 Å². The number of nitrogens with one attached hydrogen (secondary N) is 2. The maximum absolute atomic E-state index is 15.1. The first-order valence-electron chi connectivity index (χ1n) is 10.4. The third-order valence-corrected chi connectivity index (χ3v) is 5.90. The standard InChI is InChI=1S/C24H25FN4O2/c1-15-16(2)27-22-18(12-26)11-20(25)23(21(15)22)29-10-6-9-19(13-29)28-24(30)31-14-17-7-4-3-5-8-17/h3-5,7-8,11,19,27H,6,9-10,13-14H2,1-2H3,(H,28,30)/t19-/m0/s1. The molecule has 0 radical (unpaired) electrons. The van der Waals surface area contributed by atoms with Crippen LogP contribution in [0.25, 0.3) is 10.9 Å². The summed E-state index contributed by atoms with van der Waals surface area (Å²) in [5.41, 5.74) is 4.20. The number of rotatable bonds is 4. The highest BCUT2D eigenvalue weighted by molar-refractivity contribution is 5.99. The van der Waals surface area contributed by atoms with Crippen molar-refractivity contribution < 1.29 is 13.9 Å². The van der Waals surface area contributed by atoms with Crippen LogP contribution in [0, 0.1) is 31.0 Å². The van der Waals surface area contributed by atoms with Crippen molar-refractivity contribution in [3.05, 3.63) is 64.6 Å². The monoisotopic (exact) mass is 420 g/mol. The van der Waals surface area contributed by atoms with Gasteiger partial charge in [0.25, 0.3) is 0 Å². The average molecular weight is 420 g/mol. The Balaban J connectivity index is 1.51. The van der Waals surface area contributed by atoms with Crippen LogP contribution in [0.5, 0.6) is 0 Å². The van der Waals surface area contributed by atoms with Gasteiger partial charge in [-0.1, -0.05) is 30.3 Å². The van der Waals surface area contributed by atoms with Gasteiger partial charge in [-0.15, -0.1) is 0 Å². The number of fused-ring (bicyclic) bond motifs is 1. The lowest BCUT2D eigenvalue weighted by Gasteiger charge is -2.35. The van der Waals surface area contributed by atoms with Crippen LogP contribution < -0.4 is 10.2 Å². The highest BCUT2D eigenvalue weighted by Gasteiger charge is 2.27. The summed E-state index contributed by atoms with van der Waals surface area (Å²) in [6, 6.07) is 12.7. The fourth-order valence-corrected chi connectivity index (χ4v) is 4.23. The topological polar surface area (TPSA) is 81.2 Å². The molecule has 2 heterocycles. The number of aromatic nitrogens is 1. The zero-order valence-electron chi connectivity index (χ0n) is 17.7. The van der Waals surface area contributed by atoms with Gasteiger partial charge in [-0.25, -0.2) is 9.18 Å². The Morgan fingerprint density at radius 1 is 1.35 bits per heavy atom. The number of anilines is 1. The molecule has 4 rings (SSSR count). The molecule has 0 aliphatic carbocycles. The quantitative estimate of drug-likeness (QED) is 0.642. The van der Waals surface area contributed by atoms with E-state index in [-0.39, 0.29) is 12.6 Å². The number of carbonyl (C=O) groups excluding carboxylic acids is 1. The number of hydrogen-bond donors (Lipinski definition) is 2. The third kappa shape index (κ3) is 4.19. The second kappa shape index (κ2) is 8.68. The molecule has 0 unspecified atom stereocenters. The highest BCUT2D eigenvalue weighted by Crippen LogP contribution is 2.37. The normalized spacial score (nSPS) is 16.2. The van der Waals surface area contributed by atoms with E-state index in [1.54, 1.807) is 0 Å². The minimum Gasteiger partial charge on any atom is -0.445 e. The number of nitrogens with zero attached hydrogens (tertiary/aromatic N) is 2. The first-order valence-corrected chi connectivity index (χ1v) is 10.4. The summed E-state index contributed by atoms with van der Waals surface area (Å²) >= 11 is 0. The number of amides is 1. The van der Waals surface area contributed by atoms with Crippen LogP contribution in [0.4, 0.5) is 14.9 Å². The number of ether oxygens (including phenoxy) is 1. The number of nitriles is 1. The molecule has 1 amide bonds. The van der Waals surface area contributed by atoms with Gasteiger partial charge >= 0.3 is 6.09 Å². The van der Waals surface area contributed by atoms with Crippen molar-refractivity contribution in [2.45, 2.75) is 39.3 Å². The lowest BCUT2D eigenvalue weighted by atomic mass is 10.0. The van der Waals surface area contributed by atoms with E-state index in [0.29, 0.717) is 29.9 Å². The molecule has 31 heavy (non-hydrogen) atoms. The Bertz CT molecular complexity index is 1150. The van der Waals surface area contributed by atoms with Crippen molar-refractivity contribution in [3.63, 3.8) is 0 Å². The van der Waals surface area contributed by atoms with Gasteiger partial charge in [-0.3, -0.25) is 0 Å². The molecule has 1 atom stereocenters. The molecule has 3 aromatic rings. The van der Waals surface area contributed by atoms with Crippen molar-refractivity contribution in [1.82, 2.24) is 10.3 Å². The summed E-state index contributed by atoms with van der Waals surface area (Å²) in [6.45, 7) is 5.21. The van der Waals surface area contributed by atoms with Gasteiger partial charge in [0, 0.05) is 30.2 Å². The van der Waals surface area contributed by atoms with Crippen molar-refractivity contribution in [3.8, 4) is 6.07 Å². The van der Waals surface area contributed by atoms with Crippen LogP contribution in [-0.2, 0) is 11.3 Å². The van der Waals surface area contributed by atoms with Crippen LogP contribution >= 0.6 is 0 Å². The van der Waals surface area contributed by atoms with E-state index in [1.165, 1.54) is 6.07 Å². The predicted molar refractivity (Wildman–Crippen MR) is 117 cm³/mol. The van der Waals surface area contributed by atoms with Gasteiger partial charge in [0.05, 0.1) is 16.8 Å². The van der Waals surface area contributed by atoms with E-state index in [9.17, 15) is 10.1 Å². The molecule has 1 aliphatic rings. The number of alkyl carbamates (subject to hydrolysis) is 1. The van der Waals surface area contributed by atoms with E-state index >= 15 is 4.39 Å². The lowest BCUT2D eigenvalue weighted by Crippen LogP contribution is -2.48. The van der Waals surface area contributed by atoms with E-state index in [0.717, 1.165) is 35.0 Å². The van der Waals surface area contributed by atoms with E-state index < -0.39 is 11.9 Å². The number of carbonyl (C=O) groups is 1. The zero-order chi connectivity index (χ0) is 22.0. The van der Waals surface area contributed by atoms with Crippen LogP contribution in [0.3, 0.4) is 0 Å². The Hall–Kier alpha value is -3.53. The summed E-state index contributed by atoms with van der Waals surface area (Å²) in [5.74, 6) is -0.418. The fourth-order valence-electron chi connectivity index (χ4n) is 4.23. The molecule has 2 N–H and O–H groups in total. The number of piperidine rings is 1. The molecule has 1 aliphatic heterocycles. The predicted octanol–water partition coefficient (Wildman–Crippen LogP) is 4.69. The van der Waals surface area contributed by atoms with Crippen molar-refractivity contribution in [2.75, 3.05) is 18.0 Å². The van der Waals surface area contributed by atoms with Crippen LogP contribution in [0.1, 0.15) is 35.2 Å². The van der Waals surface area contributed by atoms with Gasteiger partial charge < -0.3 is 19.9 Å². The second-order valence-corrected chi connectivity index (χ2v) is 7.98. The van der Waals surface area contributed by atoms with Crippen molar-refractivity contribution in [1.29, 1.82) is 5.26 Å². The highest BCUT2D eigenvalue weighted by atomic mass is 19.1. The molecule has 6 nitrogen and oxygen atoms in total. The minimum atomic E-state index is -0.477. The van der Waals surface area contributed by atoms with Gasteiger partial charge in [0.2, 0.25) is 0 Å².